The number of hydrogen-bond donors (Lipinski definition) is 2. The monoisotopic (exact) mass is 297 g/mol. The fourth-order valence-electron chi connectivity index (χ4n) is 3.69. The summed E-state index contributed by atoms with van der Waals surface area (Å²) in [6.07, 6.45) is 7.20. The highest BCUT2D eigenvalue weighted by molar-refractivity contribution is 4.93. The van der Waals surface area contributed by atoms with Crippen molar-refractivity contribution in [2.24, 2.45) is 17.8 Å². The molecule has 7 atom stereocenters. The largest absolute Gasteiger partial charge is 0.380 e. The maximum atomic E-state index is 9.51. The third-order valence-corrected chi connectivity index (χ3v) is 5.23. The molecule has 0 radical (unpaired) electrons. The first kappa shape index (κ1) is 16.9. The smallest absolute Gasteiger partial charge is 0.181 e. The molecule has 2 aliphatic heterocycles. The zero-order valence-corrected chi connectivity index (χ0v) is 13.8. The molecule has 2 rings (SSSR count). The third-order valence-electron chi connectivity index (χ3n) is 5.23. The molecule has 2 N–H and O–H groups in total. The second-order valence-corrected chi connectivity index (χ2v) is 6.71. The van der Waals surface area contributed by atoms with E-state index in [9.17, 15) is 5.11 Å². The molecule has 0 aromatic rings. The third kappa shape index (κ3) is 4.52. The fourth-order valence-corrected chi connectivity index (χ4v) is 3.69. The van der Waals surface area contributed by atoms with E-state index < -0.39 is 6.29 Å². The van der Waals surface area contributed by atoms with Gasteiger partial charge < -0.3 is 19.9 Å². The van der Waals surface area contributed by atoms with Crippen LogP contribution in [0.4, 0.5) is 0 Å². The quantitative estimate of drug-likeness (QED) is 0.604. The van der Waals surface area contributed by atoms with Crippen molar-refractivity contribution in [1.82, 2.24) is 5.32 Å². The Morgan fingerprint density at radius 3 is 2.67 bits per heavy atom. The molecule has 2 aliphatic rings. The molecule has 7 unspecified atom stereocenters. The summed E-state index contributed by atoms with van der Waals surface area (Å²) in [5.41, 5.74) is 0. The van der Waals surface area contributed by atoms with Crippen molar-refractivity contribution in [2.45, 2.75) is 64.6 Å². The highest BCUT2D eigenvalue weighted by Gasteiger charge is 2.42. The van der Waals surface area contributed by atoms with Gasteiger partial charge in [0.15, 0.2) is 6.29 Å². The Balaban J connectivity index is 2.10. The van der Waals surface area contributed by atoms with Crippen LogP contribution in [0.1, 0.15) is 40.0 Å². The molecule has 122 valence electrons. The van der Waals surface area contributed by atoms with Gasteiger partial charge in [0.1, 0.15) is 6.10 Å². The number of hydrogen-bond acceptors (Lipinski definition) is 4. The molecule has 0 aromatic heterocycles. The normalized spacial score (nSPS) is 44.5. The van der Waals surface area contributed by atoms with Crippen molar-refractivity contribution in [3.63, 3.8) is 0 Å². The molecule has 4 heteroatoms. The van der Waals surface area contributed by atoms with Gasteiger partial charge in [0.25, 0.3) is 0 Å². The minimum absolute atomic E-state index is 0.0375. The molecule has 0 aliphatic carbocycles. The second kappa shape index (κ2) is 7.73. The molecule has 2 saturated heterocycles. The topological polar surface area (TPSA) is 54.0 Å². The molecular formula is C17H31NO3. The Labute approximate surface area is 128 Å². The minimum Gasteiger partial charge on any atom is -0.380 e. The van der Waals surface area contributed by atoms with E-state index in [1.54, 1.807) is 7.11 Å². The van der Waals surface area contributed by atoms with Gasteiger partial charge in [0.05, 0.1) is 6.10 Å². The average Bonchev–Trinajstić information content (AvgIpc) is 3.16. The van der Waals surface area contributed by atoms with Crippen LogP contribution in [0.5, 0.6) is 0 Å². The summed E-state index contributed by atoms with van der Waals surface area (Å²) in [6, 6.07) is 0.368. The number of epoxide rings is 1. The lowest BCUT2D eigenvalue weighted by Crippen LogP contribution is -2.47. The second-order valence-electron chi connectivity index (χ2n) is 6.71. The van der Waals surface area contributed by atoms with E-state index in [1.807, 2.05) is 0 Å². The first-order valence-electron chi connectivity index (χ1n) is 8.27. The fraction of sp³-hybridized carbons (Fsp3) is 0.882. The van der Waals surface area contributed by atoms with Gasteiger partial charge in [-0.05, 0) is 57.4 Å². The number of aliphatic hydroxyl groups is 1. The number of allylic oxidation sites excluding steroid dienone is 2. The Bertz CT molecular complexity index is 347. The average molecular weight is 297 g/mol. The van der Waals surface area contributed by atoms with E-state index in [1.165, 1.54) is 0 Å². The van der Waals surface area contributed by atoms with Gasteiger partial charge in [-0.3, -0.25) is 0 Å². The van der Waals surface area contributed by atoms with Gasteiger partial charge in [-0.15, -0.1) is 0 Å². The summed E-state index contributed by atoms with van der Waals surface area (Å²) in [5, 5.41) is 13.1. The van der Waals surface area contributed by atoms with Crippen molar-refractivity contribution in [3.8, 4) is 0 Å². The summed E-state index contributed by atoms with van der Waals surface area (Å²) in [6.45, 7) is 7.63. The van der Waals surface area contributed by atoms with E-state index in [0.29, 0.717) is 23.8 Å². The Morgan fingerprint density at radius 1 is 1.38 bits per heavy atom. The number of methoxy groups -OCH3 is 1. The number of rotatable bonds is 5. The predicted octanol–water partition coefficient (Wildman–Crippen LogP) is 2.33. The molecule has 0 spiro atoms. The van der Waals surface area contributed by atoms with Crippen LogP contribution in [0.15, 0.2) is 12.2 Å². The van der Waals surface area contributed by atoms with Gasteiger partial charge in [-0.1, -0.05) is 19.1 Å². The van der Waals surface area contributed by atoms with Crippen molar-refractivity contribution < 1.29 is 14.6 Å². The molecule has 0 aromatic carbocycles. The molecule has 0 amide bonds. The van der Waals surface area contributed by atoms with Gasteiger partial charge in [0.2, 0.25) is 0 Å². The van der Waals surface area contributed by atoms with Gasteiger partial charge >= 0.3 is 0 Å². The Morgan fingerprint density at radius 2 is 2.10 bits per heavy atom. The Hall–Kier alpha value is -0.420. The molecule has 2 heterocycles. The summed E-state index contributed by atoms with van der Waals surface area (Å²) < 4.78 is 11.0. The molecule has 0 saturated carbocycles. The Kier molecular flexibility index (Phi) is 6.23. The molecule has 4 nitrogen and oxygen atoms in total. The van der Waals surface area contributed by atoms with Crippen LogP contribution in [-0.4, -0.2) is 43.3 Å². The lowest BCUT2D eigenvalue weighted by molar-refractivity contribution is 0.0210. The van der Waals surface area contributed by atoms with Crippen LogP contribution >= 0.6 is 0 Å². The van der Waals surface area contributed by atoms with Crippen molar-refractivity contribution in [3.05, 3.63) is 12.2 Å². The van der Waals surface area contributed by atoms with E-state index in [-0.39, 0.29) is 12.2 Å². The zero-order chi connectivity index (χ0) is 15.4. The van der Waals surface area contributed by atoms with E-state index in [2.05, 4.69) is 38.2 Å². The minimum atomic E-state index is -0.537. The number of ether oxygens (including phenoxy) is 2. The van der Waals surface area contributed by atoms with Crippen molar-refractivity contribution in [2.75, 3.05) is 13.7 Å². The SMILES string of the molecule is CC=CCC1C(C)CNC(C)C(OC)CC1CC1OC1O. The first-order chi connectivity index (χ1) is 10.1. The van der Waals surface area contributed by atoms with E-state index >= 15 is 0 Å². The van der Waals surface area contributed by atoms with Crippen molar-refractivity contribution >= 4 is 0 Å². The summed E-state index contributed by atoms with van der Waals surface area (Å²) >= 11 is 0. The molecular weight excluding hydrogens is 266 g/mol. The number of aliphatic hydroxyl groups excluding tert-OH is 1. The van der Waals surface area contributed by atoms with E-state index in [0.717, 1.165) is 25.8 Å². The first-order valence-corrected chi connectivity index (χ1v) is 8.27. The van der Waals surface area contributed by atoms with Crippen LogP contribution in [0.25, 0.3) is 0 Å². The van der Waals surface area contributed by atoms with Gasteiger partial charge in [-0.2, -0.15) is 0 Å². The maximum Gasteiger partial charge on any atom is 0.181 e. The maximum absolute atomic E-state index is 9.51. The highest BCUT2D eigenvalue weighted by Crippen LogP contribution is 2.38. The van der Waals surface area contributed by atoms with Crippen LogP contribution in [0.3, 0.4) is 0 Å². The highest BCUT2D eigenvalue weighted by atomic mass is 16.7. The van der Waals surface area contributed by atoms with Crippen molar-refractivity contribution in [1.29, 1.82) is 0 Å². The number of nitrogens with one attached hydrogen (secondary N) is 1. The molecule has 21 heavy (non-hydrogen) atoms. The lowest BCUT2D eigenvalue weighted by Gasteiger charge is -2.39. The lowest BCUT2D eigenvalue weighted by atomic mass is 9.73. The molecule has 2 fully saturated rings. The van der Waals surface area contributed by atoms with Crippen LogP contribution in [0.2, 0.25) is 0 Å². The predicted molar refractivity (Wildman–Crippen MR) is 84.0 cm³/mol. The zero-order valence-electron chi connectivity index (χ0n) is 13.8. The van der Waals surface area contributed by atoms with Gasteiger partial charge in [0, 0.05) is 13.2 Å². The van der Waals surface area contributed by atoms with Crippen LogP contribution < -0.4 is 5.32 Å². The summed E-state index contributed by atoms with van der Waals surface area (Å²) in [5.74, 6) is 1.76. The van der Waals surface area contributed by atoms with Gasteiger partial charge in [-0.25, -0.2) is 0 Å². The summed E-state index contributed by atoms with van der Waals surface area (Å²) in [7, 11) is 1.80. The van der Waals surface area contributed by atoms with E-state index in [4.69, 9.17) is 9.47 Å². The van der Waals surface area contributed by atoms with Crippen LogP contribution in [-0.2, 0) is 9.47 Å². The standard InChI is InChI=1S/C17H31NO3/c1-5-6-7-14-11(2)10-18-12(3)15(20-4)8-13(14)9-16-17(19)21-16/h5-6,11-19H,7-10H2,1-4H3. The molecule has 0 bridgehead atoms. The summed E-state index contributed by atoms with van der Waals surface area (Å²) in [4.78, 5) is 0. The van der Waals surface area contributed by atoms with Crippen LogP contribution in [0, 0.1) is 17.8 Å².